The molecule has 0 saturated carbocycles. The topological polar surface area (TPSA) is 480 Å². The van der Waals surface area contributed by atoms with Gasteiger partial charge in [-0.2, -0.15) is 0 Å². The Morgan fingerprint density at radius 3 is 1.60 bits per heavy atom. The maximum atomic E-state index is 15.2. The molecule has 7 rings (SSSR count). The third-order valence-electron chi connectivity index (χ3n) is 19.2. The molecule has 0 radical (unpaired) electrons. The molecule has 1 saturated heterocycles. The van der Waals surface area contributed by atoms with Gasteiger partial charge in [-0.15, -0.1) is 0 Å². The van der Waals surface area contributed by atoms with E-state index in [0.717, 1.165) is 10.8 Å². The van der Waals surface area contributed by atoms with Crippen LogP contribution in [0.15, 0.2) is 134 Å². The summed E-state index contributed by atoms with van der Waals surface area (Å²) in [6.07, 6.45) is 6.34. The molecule has 3 aromatic heterocycles. The van der Waals surface area contributed by atoms with E-state index in [1.165, 1.54) is 55.5 Å². The third-order valence-corrected chi connectivity index (χ3v) is 19.4. The second-order valence-electron chi connectivity index (χ2n) is 29.4. The number of carbonyl (C=O) groups is 13. The molecule has 33 heteroatoms. The van der Waals surface area contributed by atoms with Gasteiger partial charge in [0.25, 0.3) is 11.8 Å². The number of anilines is 1. The maximum absolute atomic E-state index is 15.2. The Morgan fingerprint density at radius 1 is 0.513 bits per heavy atom. The normalized spacial score (nSPS) is 14.9. The number of amides is 13. The molecule has 3 aromatic carbocycles. The Morgan fingerprint density at radius 2 is 1.03 bits per heavy atom. The number of carbonyl (C=O) groups excluding carboxylic acids is 13. The molecule has 0 spiro atoms. The van der Waals surface area contributed by atoms with E-state index in [2.05, 4.69) is 78.8 Å². The summed E-state index contributed by atoms with van der Waals surface area (Å²) in [6, 6.07) is 18.8. The average molecular weight is 1610 g/mol. The van der Waals surface area contributed by atoms with Crippen LogP contribution in [-0.2, 0) is 72.0 Å². The number of nitrogen functional groups attached to an aromatic ring is 1. The number of nitrogens with one attached hydrogen (secondary N) is 12. The predicted molar refractivity (Wildman–Crippen MR) is 432 cm³/mol. The average Bonchev–Trinajstić information content (AvgIpc) is 1.26. The molecule has 0 unspecified atom stereocenters. The van der Waals surface area contributed by atoms with Crippen LogP contribution in [0, 0.1) is 5.92 Å². The summed E-state index contributed by atoms with van der Waals surface area (Å²) in [5.74, 6) is -9.90. The number of nitrogens with two attached hydrogens (primary N) is 2. The zero-order valence-corrected chi connectivity index (χ0v) is 66.6. The first-order valence-electron chi connectivity index (χ1n) is 39.0. The van der Waals surface area contributed by atoms with E-state index in [-0.39, 0.29) is 126 Å². The van der Waals surface area contributed by atoms with Crippen molar-refractivity contribution < 1.29 is 67.4 Å². The number of primary amides is 1. The summed E-state index contributed by atoms with van der Waals surface area (Å²) in [5, 5.41) is 46.6. The van der Waals surface area contributed by atoms with Crippen molar-refractivity contribution in [1.82, 2.24) is 83.7 Å². The van der Waals surface area contributed by atoms with E-state index in [0.29, 0.717) is 47.5 Å². The molecule has 13 amide bonds. The Labute approximate surface area is 674 Å². The molecule has 1 fully saturated rings. The summed E-state index contributed by atoms with van der Waals surface area (Å²) in [5.41, 5.74) is 13.2. The molecule has 10 atom stereocenters. The van der Waals surface area contributed by atoms with E-state index in [9.17, 15) is 57.8 Å². The number of unbranched alkanes of at least 4 members (excludes halogenated alkanes) is 3. The maximum Gasteiger partial charge on any atom is 0.269 e. The van der Waals surface area contributed by atoms with E-state index in [1.54, 1.807) is 54.6 Å². The van der Waals surface area contributed by atoms with Gasteiger partial charge in [-0.25, -0.2) is 4.98 Å². The summed E-state index contributed by atoms with van der Waals surface area (Å²) in [6.45, 7) is 10.1. The van der Waals surface area contributed by atoms with Crippen LogP contribution in [-0.4, -0.2) is 201 Å². The van der Waals surface area contributed by atoms with Crippen LogP contribution >= 0.6 is 11.6 Å². The Kier molecular flexibility index (Phi) is 36.8. The lowest BCUT2D eigenvalue weighted by atomic mass is 9.99. The van der Waals surface area contributed by atoms with Crippen molar-refractivity contribution in [3.8, 4) is 0 Å². The molecule has 0 bridgehead atoms. The van der Waals surface area contributed by atoms with Crippen LogP contribution in [0.3, 0.4) is 0 Å². The van der Waals surface area contributed by atoms with Crippen LogP contribution in [0.25, 0.3) is 10.8 Å². The van der Waals surface area contributed by atoms with Gasteiger partial charge in [0, 0.05) is 75.5 Å². The molecule has 6 aromatic rings. The Balaban J connectivity index is 1.16. The fourth-order valence-corrected chi connectivity index (χ4v) is 13.2. The minimum atomic E-state index is -1.84. The van der Waals surface area contributed by atoms with Gasteiger partial charge < -0.3 is 85.3 Å². The lowest BCUT2D eigenvalue weighted by Gasteiger charge is -2.31. The van der Waals surface area contributed by atoms with Crippen LogP contribution < -0.4 is 75.3 Å². The number of aromatic nitrogens is 3. The molecule has 17 N–H and O–H groups in total. The minimum Gasteiger partial charge on any atom is -0.394 e. The summed E-state index contributed by atoms with van der Waals surface area (Å²) < 4.78 is 0. The van der Waals surface area contributed by atoms with Crippen molar-refractivity contribution in [3.05, 3.63) is 167 Å². The third kappa shape index (κ3) is 30.4. The number of aliphatic hydroxyl groups excluding tert-OH is 1. The van der Waals surface area contributed by atoms with Gasteiger partial charge in [-0.3, -0.25) is 72.3 Å². The van der Waals surface area contributed by atoms with Crippen LogP contribution in [0.5, 0.6) is 0 Å². The summed E-state index contributed by atoms with van der Waals surface area (Å²) in [7, 11) is 0. The molecule has 1 aliphatic heterocycles. The first-order valence-corrected chi connectivity index (χ1v) is 39.4. The van der Waals surface area contributed by atoms with Gasteiger partial charge in [0.15, 0.2) is 0 Å². The lowest BCUT2D eigenvalue weighted by molar-refractivity contribution is -0.142. The minimum absolute atomic E-state index is 0.0199. The zero-order chi connectivity index (χ0) is 83.5. The predicted octanol–water partition coefficient (Wildman–Crippen LogP) is 2.57. The Hall–Kier alpha value is -11.5. The van der Waals surface area contributed by atoms with Crippen molar-refractivity contribution in [2.45, 2.75) is 204 Å². The monoisotopic (exact) mass is 1600 g/mol. The number of likely N-dealkylation sites (tertiary alicyclic amines) is 1. The molecule has 0 aliphatic carbocycles. The lowest BCUT2D eigenvalue weighted by Crippen LogP contribution is -2.61. The fraction of sp³-hybridized carbons (Fsp3) is 0.463. The van der Waals surface area contributed by atoms with Gasteiger partial charge in [-0.05, 0) is 166 Å². The largest absolute Gasteiger partial charge is 0.394 e. The molecular formula is C82H109ClN18O14. The number of pyridine rings is 3. The van der Waals surface area contributed by atoms with Crippen LogP contribution in [0.1, 0.15) is 156 Å². The van der Waals surface area contributed by atoms with Crippen molar-refractivity contribution >= 4 is 105 Å². The molecule has 4 heterocycles. The number of hydrogen-bond donors (Lipinski definition) is 15. The van der Waals surface area contributed by atoms with E-state index < -0.39 is 144 Å². The second-order valence-corrected chi connectivity index (χ2v) is 29.8. The molecule has 618 valence electrons. The van der Waals surface area contributed by atoms with Crippen molar-refractivity contribution in [1.29, 1.82) is 0 Å². The van der Waals surface area contributed by atoms with Crippen molar-refractivity contribution in [2.24, 2.45) is 11.7 Å². The number of rotatable bonds is 46. The van der Waals surface area contributed by atoms with E-state index >= 15 is 9.59 Å². The zero-order valence-electron chi connectivity index (χ0n) is 65.8. The first-order chi connectivity index (χ1) is 55.0. The number of nitrogens with zero attached hydrogens (tertiary/aromatic N) is 4. The fourth-order valence-electron chi connectivity index (χ4n) is 13.0. The molecular weight excluding hydrogens is 1500 g/mol. The highest BCUT2D eigenvalue weighted by molar-refractivity contribution is 6.30. The van der Waals surface area contributed by atoms with Gasteiger partial charge >= 0.3 is 0 Å². The van der Waals surface area contributed by atoms with Crippen LogP contribution in [0.4, 0.5) is 5.82 Å². The van der Waals surface area contributed by atoms with Crippen molar-refractivity contribution in [3.63, 3.8) is 0 Å². The molecule has 32 nitrogen and oxygen atoms in total. The van der Waals surface area contributed by atoms with E-state index in [1.807, 2.05) is 70.2 Å². The number of aliphatic hydroxyl groups is 1. The second kappa shape index (κ2) is 46.6. The summed E-state index contributed by atoms with van der Waals surface area (Å²) >= 11 is 6.27. The molecule has 1 aliphatic rings. The number of fused-ring (bicyclic) bond motifs is 1. The number of halogens is 1. The van der Waals surface area contributed by atoms with Crippen molar-refractivity contribution in [2.75, 3.05) is 38.5 Å². The summed E-state index contributed by atoms with van der Waals surface area (Å²) in [4.78, 5) is 197. The number of hydrogen-bond acceptors (Lipinski definition) is 19. The SMILES string of the molecule is CC(=O)N[C@H](Cc1ccc2ccccc2c1)C(=O)N[C@H](Cc1ccc(Cl)cc1)C(=O)N[C@H](Cc1cccnc1)C(=O)N[C@@H](CO)C(=O)N[C@@H](CCCCNC(=O)c1ccccn1)C(=O)N[C@H](CCCCNC(=O)c1cccc(N)n1)C(=O)N[C@@H](CC(C)C)C(=O)N[C@@H](CCCCNC(C)C)C(=O)N1CCC[C@H]1C(=O)N[C@H](C)C(N)=O. The van der Waals surface area contributed by atoms with Gasteiger partial charge in [0.2, 0.25) is 65.0 Å². The Bertz CT molecular complexity index is 4280. The molecule has 115 heavy (non-hydrogen) atoms. The van der Waals surface area contributed by atoms with Crippen LogP contribution in [0.2, 0.25) is 5.02 Å². The first kappa shape index (κ1) is 90.7. The van der Waals surface area contributed by atoms with E-state index in [4.69, 9.17) is 23.1 Å². The highest BCUT2D eigenvalue weighted by Crippen LogP contribution is 2.23. The highest BCUT2D eigenvalue weighted by Gasteiger charge is 2.40. The number of benzene rings is 3. The van der Waals surface area contributed by atoms with Gasteiger partial charge in [0.05, 0.1) is 6.61 Å². The highest BCUT2D eigenvalue weighted by atomic mass is 35.5. The standard InChI is InChI=1S/C82H109ClN18O14/c1-49(2)42-64(76(109)96-63(26-12-13-37-87-50(3)4)82(115)101-41-19-28-69(101)81(114)91-51(5)71(85)104)97-75(108)62(25-11-16-40-90-73(106)60-27-17-29-70(84)93-60)94-74(107)61(24-10-15-39-89-72(105)59-23-9-14-38-88-59)95-80(113)68(48-102)100-79(112)67(46-55-20-18-36-86-47-55)99-78(111)66(44-53-31-34-58(83)35-32-53)98-77(110)65(92-52(6)103)45-54-30-33-56-21-7-8-22-57(56)43-54/h7-9,14,17-18,20-23,27,29-36,38,43,47,49-51,61-69,87,102H,10-13,15-16,19,24-26,28,37,39-42,44-46,48H2,1-6H3,(H2,84,93)(H2,85,104)(H,89,105)(H,90,106)(H,91,114)(H,92,103)(H,94,107)(H,95,113)(H,96,109)(H,97,108)(H,98,110)(H,99,111)(H,100,112)/t51-,61+,62-,63+,64+,65-,66-,67-,68+,69+/m1/s1. The van der Waals surface area contributed by atoms with Gasteiger partial charge in [-0.1, -0.05) is 112 Å². The van der Waals surface area contributed by atoms with Gasteiger partial charge in [0.1, 0.15) is 77.6 Å². The smallest absolute Gasteiger partial charge is 0.269 e. The quantitative estimate of drug-likeness (QED) is 0.0244.